The molecule has 2 nitrogen and oxygen atoms in total. The van der Waals surface area contributed by atoms with Gasteiger partial charge in [-0.15, -0.1) is 0 Å². The smallest absolute Gasteiger partial charge is 0.0468 e. The van der Waals surface area contributed by atoms with Crippen LogP contribution in [0.15, 0.2) is 249 Å². The number of hydrogen-bond donors (Lipinski definition) is 0. The third-order valence-corrected chi connectivity index (χ3v) is 21.1. The van der Waals surface area contributed by atoms with Crippen molar-refractivity contribution in [2.75, 3.05) is 9.80 Å². The lowest BCUT2D eigenvalue weighted by Gasteiger charge is -2.31. The number of benzene rings is 12. The normalized spacial score (nSPS) is 15.6. The highest BCUT2D eigenvalue weighted by atomic mass is 15.1. The maximum Gasteiger partial charge on any atom is 0.0468 e. The van der Waals surface area contributed by atoms with E-state index in [9.17, 15) is 0 Å². The van der Waals surface area contributed by atoms with Gasteiger partial charge in [-0.25, -0.2) is 0 Å². The van der Waals surface area contributed by atoms with Crippen molar-refractivity contribution in [2.24, 2.45) is 0 Å². The topological polar surface area (TPSA) is 6.48 Å². The maximum atomic E-state index is 2.53. The predicted octanol–water partition coefficient (Wildman–Crippen LogP) is 23.1. The zero-order valence-corrected chi connectivity index (χ0v) is 51.6. The summed E-state index contributed by atoms with van der Waals surface area (Å²) in [6, 6.07) is 95.1. The predicted molar refractivity (Wildman–Crippen MR) is 368 cm³/mol. The van der Waals surface area contributed by atoms with E-state index in [1.807, 2.05) is 0 Å². The minimum atomic E-state index is -0.156. The van der Waals surface area contributed by atoms with Gasteiger partial charge in [0.25, 0.3) is 0 Å². The Morgan fingerprint density at radius 3 is 0.954 bits per heavy atom. The summed E-state index contributed by atoms with van der Waals surface area (Å²) in [5.41, 5.74) is 34.2. The van der Waals surface area contributed by atoms with Crippen molar-refractivity contribution in [3.63, 3.8) is 0 Å². The lowest BCUT2D eigenvalue weighted by Crippen LogP contribution is -2.18. The molecule has 0 amide bonds. The van der Waals surface area contributed by atoms with Crippen LogP contribution in [0.2, 0.25) is 0 Å². The molecular formula is C85H72N2. The van der Waals surface area contributed by atoms with Crippen LogP contribution in [0.5, 0.6) is 0 Å². The van der Waals surface area contributed by atoms with Crippen molar-refractivity contribution in [1.29, 1.82) is 0 Å². The zero-order chi connectivity index (χ0) is 59.5. The Bertz CT molecular complexity index is 4640. The van der Waals surface area contributed by atoms with Crippen LogP contribution in [0.4, 0.5) is 34.1 Å². The first-order valence-electron chi connectivity index (χ1n) is 31.3. The summed E-state index contributed by atoms with van der Waals surface area (Å²) in [5.74, 6) is 0.0890. The number of rotatable bonds is 9. The number of fused-ring (bicyclic) bond motifs is 13. The second-order valence-electron chi connectivity index (χ2n) is 27.4. The molecule has 0 aromatic heterocycles. The highest BCUT2D eigenvalue weighted by Gasteiger charge is 2.40. The van der Waals surface area contributed by atoms with Gasteiger partial charge in [0, 0.05) is 61.7 Å². The molecule has 0 saturated carbocycles. The molecule has 2 heteroatoms. The summed E-state index contributed by atoms with van der Waals surface area (Å²) in [5, 5.41) is 2.42. The molecule has 0 heterocycles. The van der Waals surface area contributed by atoms with Crippen molar-refractivity contribution in [2.45, 2.75) is 96.8 Å². The van der Waals surface area contributed by atoms with E-state index in [1.54, 1.807) is 0 Å². The first kappa shape index (κ1) is 53.0. The first-order valence-corrected chi connectivity index (χ1v) is 31.3. The van der Waals surface area contributed by atoms with Crippen LogP contribution in [0.3, 0.4) is 0 Å². The quantitative estimate of drug-likeness (QED) is 0.142. The fourth-order valence-electron chi connectivity index (χ4n) is 16.3. The third-order valence-electron chi connectivity index (χ3n) is 21.1. The molecule has 16 rings (SSSR count). The first-order chi connectivity index (χ1) is 42.0. The molecule has 0 fully saturated rings. The van der Waals surface area contributed by atoms with Gasteiger partial charge in [0.05, 0.1) is 0 Å². The van der Waals surface area contributed by atoms with Crippen molar-refractivity contribution < 1.29 is 0 Å². The molecule has 87 heavy (non-hydrogen) atoms. The van der Waals surface area contributed by atoms with Crippen LogP contribution in [-0.4, -0.2) is 0 Å². The average molecular weight is 1120 g/mol. The Morgan fingerprint density at radius 1 is 0.253 bits per heavy atom. The van der Waals surface area contributed by atoms with Crippen LogP contribution in [0, 0.1) is 6.92 Å². The molecule has 0 N–H and O–H groups in total. The van der Waals surface area contributed by atoms with E-state index in [0.29, 0.717) is 0 Å². The Balaban J connectivity index is 0.844. The van der Waals surface area contributed by atoms with Gasteiger partial charge in [0.1, 0.15) is 0 Å². The summed E-state index contributed by atoms with van der Waals surface area (Å²) >= 11 is 0. The van der Waals surface area contributed by atoms with Crippen LogP contribution in [-0.2, 0) is 21.7 Å². The van der Waals surface area contributed by atoms with Gasteiger partial charge in [0.2, 0.25) is 0 Å². The van der Waals surface area contributed by atoms with Gasteiger partial charge in [-0.3, -0.25) is 0 Å². The molecule has 0 radical (unpaired) electrons. The van der Waals surface area contributed by atoms with Gasteiger partial charge in [-0.2, -0.15) is 0 Å². The van der Waals surface area contributed by atoms with Gasteiger partial charge in [0.15, 0.2) is 0 Å². The fourth-order valence-corrected chi connectivity index (χ4v) is 16.3. The summed E-state index contributed by atoms with van der Waals surface area (Å²) in [4.78, 5) is 5.04. The van der Waals surface area contributed by atoms with Crippen LogP contribution in [0.1, 0.15) is 129 Å². The molecule has 0 aliphatic heterocycles. The van der Waals surface area contributed by atoms with Gasteiger partial charge in [-0.1, -0.05) is 232 Å². The van der Waals surface area contributed by atoms with Crippen LogP contribution >= 0.6 is 0 Å². The molecule has 1 unspecified atom stereocenters. The van der Waals surface area contributed by atoms with Crippen molar-refractivity contribution in [1.82, 2.24) is 0 Å². The fraction of sp³-hybridized carbons (Fsp3) is 0.176. The lowest BCUT2D eigenvalue weighted by atomic mass is 9.82. The van der Waals surface area contributed by atoms with Gasteiger partial charge in [-0.05, 0) is 213 Å². The molecule has 4 aliphatic carbocycles. The second-order valence-corrected chi connectivity index (χ2v) is 27.4. The Morgan fingerprint density at radius 2 is 0.563 bits per heavy atom. The largest absolute Gasteiger partial charge is 0.310 e. The molecular weight excluding hydrogens is 1050 g/mol. The van der Waals surface area contributed by atoms with E-state index in [2.05, 4.69) is 328 Å². The van der Waals surface area contributed by atoms with E-state index in [0.717, 1.165) is 34.1 Å². The van der Waals surface area contributed by atoms with E-state index in [1.165, 1.54) is 128 Å². The molecule has 12 aromatic rings. The molecule has 12 aromatic carbocycles. The lowest BCUT2D eigenvalue weighted by molar-refractivity contribution is 0.659. The molecule has 0 spiro atoms. The van der Waals surface area contributed by atoms with E-state index >= 15 is 0 Å². The standard InChI is InChI=1S/C85H72N2/c1-52-44-56-45-57(86(59-35-40-68-64-24-14-18-28-74(64)82(3,4)78(68)48-59)60-36-41-69-65-25-15-19-29-75(65)83(5,6)79(69)49-60)33-32-55(56)46-72(52)63-39-34-58(47-73(63)53(2)54-22-12-11-13-23-54)87(61-37-42-70-66-26-16-20-30-76(66)84(7,8)80(70)50-61)62-38-43-71-67-27-17-21-31-77(67)85(9,10)81(71)51-62/h11-51,53H,1-10H3. The van der Waals surface area contributed by atoms with Crippen molar-refractivity contribution in [3.05, 3.63) is 310 Å². The highest BCUT2D eigenvalue weighted by Crippen LogP contribution is 2.56. The Hall–Kier alpha value is -9.50. The molecule has 0 bridgehead atoms. The van der Waals surface area contributed by atoms with Crippen molar-refractivity contribution in [3.8, 4) is 55.6 Å². The summed E-state index contributed by atoms with van der Waals surface area (Å²) in [7, 11) is 0. The van der Waals surface area contributed by atoms with E-state index < -0.39 is 0 Å². The van der Waals surface area contributed by atoms with Crippen LogP contribution < -0.4 is 9.80 Å². The molecule has 422 valence electrons. The van der Waals surface area contributed by atoms with E-state index in [4.69, 9.17) is 0 Å². The molecule has 4 aliphatic rings. The molecule has 1 atom stereocenters. The van der Waals surface area contributed by atoms with Gasteiger partial charge >= 0.3 is 0 Å². The summed E-state index contributed by atoms with van der Waals surface area (Å²) in [6.45, 7) is 23.8. The summed E-state index contributed by atoms with van der Waals surface area (Å²) < 4.78 is 0. The average Bonchev–Trinajstić information content (AvgIpc) is 1.79. The number of nitrogens with zero attached hydrogens (tertiary/aromatic N) is 2. The number of anilines is 6. The van der Waals surface area contributed by atoms with Crippen LogP contribution in [0.25, 0.3) is 66.4 Å². The minimum absolute atomic E-state index is 0.0890. The van der Waals surface area contributed by atoms with E-state index in [-0.39, 0.29) is 27.6 Å². The second kappa shape index (κ2) is 19.0. The highest BCUT2D eigenvalue weighted by molar-refractivity contribution is 5.96. The number of hydrogen-bond acceptors (Lipinski definition) is 2. The Kier molecular flexibility index (Phi) is 11.6. The summed E-state index contributed by atoms with van der Waals surface area (Å²) in [6.07, 6.45) is 0. The molecule has 0 saturated heterocycles. The Labute approximate surface area is 514 Å². The van der Waals surface area contributed by atoms with Crippen molar-refractivity contribution >= 4 is 44.9 Å². The van der Waals surface area contributed by atoms with Gasteiger partial charge < -0.3 is 9.80 Å². The monoisotopic (exact) mass is 1120 g/mol. The minimum Gasteiger partial charge on any atom is -0.310 e. The zero-order valence-electron chi connectivity index (χ0n) is 51.6. The maximum absolute atomic E-state index is 2.53. The number of aryl methyl sites for hydroxylation is 1. The SMILES string of the molecule is Cc1cc2cc(N(c3ccc4c(c3)C(C)(C)c3ccccc3-4)c3ccc4c(c3)C(C)(C)c3ccccc3-4)ccc2cc1-c1ccc(N(c2ccc3c(c2)C(C)(C)c2ccccc2-3)c2ccc3c(c2)C(C)(C)c2ccccc2-3)cc1C(C)c1ccccc1. The third kappa shape index (κ3) is 7.85.